The fourth-order valence-corrected chi connectivity index (χ4v) is 6.83. The summed E-state index contributed by atoms with van der Waals surface area (Å²) in [5, 5.41) is 23.6. The van der Waals surface area contributed by atoms with Gasteiger partial charge in [0.25, 0.3) is 0 Å². The number of amides is 2. The Bertz CT molecular complexity index is 1240. The fraction of sp³-hybridized carbons (Fsp3) is 0.400. The van der Waals surface area contributed by atoms with Crippen molar-refractivity contribution in [3.63, 3.8) is 0 Å². The van der Waals surface area contributed by atoms with Gasteiger partial charge in [0, 0.05) is 28.7 Å². The zero-order valence-corrected chi connectivity index (χ0v) is 21.2. The Morgan fingerprint density at radius 2 is 1.89 bits per heavy atom. The number of nitrogens with zero attached hydrogens (tertiary/aromatic N) is 1. The lowest BCUT2D eigenvalue weighted by Crippen LogP contribution is -2.49. The molecule has 1 aliphatic rings. The van der Waals surface area contributed by atoms with Crippen LogP contribution in [0.1, 0.15) is 55.6 Å². The highest BCUT2D eigenvalue weighted by molar-refractivity contribution is 7.29. The van der Waals surface area contributed by atoms with Crippen molar-refractivity contribution in [3.05, 3.63) is 34.5 Å². The quantitative estimate of drug-likeness (QED) is 0.336. The summed E-state index contributed by atoms with van der Waals surface area (Å²) >= 11 is 2.39. The van der Waals surface area contributed by atoms with Gasteiger partial charge in [0.05, 0.1) is 9.40 Å². The molecule has 0 aliphatic heterocycles. The van der Waals surface area contributed by atoms with Crippen molar-refractivity contribution in [2.24, 2.45) is 0 Å². The van der Waals surface area contributed by atoms with Gasteiger partial charge in [0.2, 0.25) is 0 Å². The topological polar surface area (TPSA) is 116 Å². The normalized spacial score (nSPS) is 14.3. The molecule has 10 heteroatoms. The Balaban J connectivity index is 1.74. The summed E-state index contributed by atoms with van der Waals surface area (Å²) in [6.07, 6.45) is 5.27. The highest BCUT2D eigenvalue weighted by Crippen LogP contribution is 2.47. The third kappa shape index (κ3) is 5.43. The van der Waals surface area contributed by atoms with Gasteiger partial charge in [-0.1, -0.05) is 31.4 Å². The summed E-state index contributed by atoms with van der Waals surface area (Å²) in [4.78, 5) is 37.8. The average molecular weight is 517 g/mol. The standard InChI is InChI=1S/C25H28N2O6S2/c1-14(2)26-25(32)27(16-8-4-3-5-9-16)17-10-6-7-15(11-17)18-13-34-22-20(33-12-19(28)29)23(24(30)31)35-21(18)22/h6-7,10-11,13-14,16H,3-5,8-9,12H2,1-2H3,(H,26,32)(H,28,29)(H,30,31). The number of thiophene rings is 2. The van der Waals surface area contributed by atoms with Crippen molar-refractivity contribution in [2.75, 3.05) is 11.5 Å². The number of carbonyl (C=O) groups excluding carboxylic acids is 1. The van der Waals surface area contributed by atoms with E-state index in [1.165, 1.54) is 17.8 Å². The molecule has 2 heterocycles. The van der Waals surface area contributed by atoms with Crippen LogP contribution in [-0.4, -0.2) is 46.9 Å². The van der Waals surface area contributed by atoms with Crippen molar-refractivity contribution < 1.29 is 29.3 Å². The molecule has 3 N–H and O–H groups in total. The molecule has 186 valence electrons. The number of rotatable bonds is 8. The predicted molar refractivity (Wildman–Crippen MR) is 138 cm³/mol. The summed E-state index contributed by atoms with van der Waals surface area (Å²) in [6, 6.07) is 7.75. The molecule has 0 spiro atoms. The number of fused-ring (bicyclic) bond motifs is 1. The molecular formula is C25H28N2O6S2. The maximum Gasteiger partial charge on any atom is 0.349 e. The van der Waals surface area contributed by atoms with Gasteiger partial charge in [-0.25, -0.2) is 14.4 Å². The van der Waals surface area contributed by atoms with Gasteiger partial charge >= 0.3 is 18.0 Å². The number of nitrogens with one attached hydrogen (secondary N) is 1. The van der Waals surface area contributed by atoms with Crippen LogP contribution in [0, 0.1) is 0 Å². The van der Waals surface area contributed by atoms with E-state index in [2.05, 4.69) is 5.32 Å². The van der Waals surface area contributed by atoms with E-state index in [9.17, 15) is 19.5 Å². The smallest absolute Gasteiger partial charge is 0.349 e. The fourth-order valence-electron chi connectivity index (χ4n) is 4.43. The van der Waals surface area contributed by atoms with Gasteiger partial charge in [-0.15, -0.1) is 22.7 Å². The summed E-state index contributed by atoms with van der Waals surface area (Å²) in [6.45, 7) is 3.27. The summed E-state index contributed by atoms with van der Waals surface area (Å²) in [5.41, 5.74) is 2.48. The average Bonchev–Trinajstić information content (AvgIpc) is 3.38. The van der Waals surface area contributed by atoms with Crippen LogP contribution < -0.4 is 15.0 Å². The second-order valence-electron chi connectivity index (χ2n) is 8.87. The first-order valence-electron chi connectivity index (χ1n) is 11.6. The van der Waals surface area contributed by atoms with Crippen LogP contribution in [0.2, 0.25) is 0 Å². The van der Waals surface area contributed by atoms with E-state index in [0.29, 0.717) is 4.70 Å². The first-order valence-corrected chi connectivity index (χ1v) is 13.3. The van der Waals surface area contributed by atoms with Crippen molar-refractivity contribution >= 4 is 55.7 Å². The molecule has 0 radical (unpaired) electrons. The largest absolute Gasteiger partial charge is 0.479 e. The number of carboxylic acid groups (broad SMARTS) is 2. The third-order valence-corrected chi connectivity index (χ3v) is 8.20. The van der Waals surface area contributed by atoms with E-state index >= 15 is 0 Å². The molecule has 0 saturated heterocycles. The summed E-state index contributed by atoms with van der Waals surface area (Å²) in [7, 11) is 0. The molecule has 1 fully saturated rings. The Kier molecular flexibility index (Phi) is 7.61. The van der Waals surface area contributed by atoms with E-state index in [-0.39, 0.29) is 28.7 Å². The number of hydrogen-bond donors (Lipinski definition) is 3. The highest BCUT2D eigenvalue weighted by Gasteiger charge is 2.28. The van der Waals surface area contributed by atoms with Crippen molar-refractivity contribution in [3.8, 4) is 16.9 Å². The molecule has 2 amide bonds. The van der Waals surface area contributed by atoms with Crippen molar-refractivity contribution in [1.82, 2.24) is 5.32 Å². The number of benzene rings is 1. The number of carbonyl (C=O) groups is 3. The molecule has 8 nitrogen and oxygen atoms in total. The van der Waals surface area contributed by atoms with Gasteiger partial charge in [0.1, 0.15) is 0 Å². The van der Waals surface area contributed by atoms with Gasteiger partial charge in [-0.3, -0.25) is 4.90 Å². The van der Waals surface area contributed by atoms with Crippen molar-refractivity contribution in [2.45, 2.75) is 58.0 Å². The zero-order chi connectivity index (χ0) is 25.1. The van der Waals surface area contributed by atoms with Gasteiger partial charge < -0.3 is 20.3 Å². The Hall–Kier alpha value is -3.11. The van der Waals surface area contributed by atoms with E-state index in [1.54, 1.807) is 0 Å². The number of anilines is 1. The van der Waals surface area contributed by atoms with Crippen LogP contribution in [0.4, 0.5) is 10.5 Å². The maximum absolute atomic E-state index is 13.2. The Morgan fingerprint density at radius 1 is 1.14 bits per heavy atom. The molecule has 35 heavy (non-hydrogen) atoms. The molecule has 1 aliphatic carbocycles. The first kappa shape index (κ1) is 25.0. The molecule has 1 aromatic carbocycles. The lowest BCUT2D eigenvalue weighted by atomic mass is 9.93. The summed E-state index contributed by atoms with van der Waals surface area (Å²) in [5.74, 6) is -2.24. The van der Waals surface area contributed by atoms with E-state index in [0.717, 1.165) is 58.5 Å². The molecular weight excluding hydrogens is 488 g/mol. The number of aromatic carboxylic acids is 1. The van der Waals surface area contributed by atoms with Crippen LogP contribution in [-0.2, 0) is 4.79 Å². The Morgan fingerprint density at radius 3 is 2.54 bits per heavy atom. The molecule has 1 saturated carbocycles. The minimum Gasteiger partial charge on any atom is -0.479 e. The molecule has 0 bridgehead atoms. The van der Waals surface area contributed by atoms with Gasteiger partial charge in [-0.05, 0) is 44.4 Å². The zero-order valence-electron chi connectivity index (χ0n) is 19.6. The predicted octanol–water partition coefficient (Wildman–Crippen LogP) is 6.05. The maximum atomic E-state index is 13.2. The minimum atomic E-state index is -1.17. The Labute approximate surface area is 211 Å². The van der Waals surface area contributed by atoms with Crippen LogP contribution in [0.15, 0.2) is 29.6 Å². The SMILES string of the molecule is CC(C)NC(=O)N(c1cccc(-c2csc3c(OCC(=O)O)c(C(=O)O)sc23)c1)C1CCCCC1. The number of ether oxygens (including phenoxy) is 1. The van der Waals surface area contributed by atoms with Gasteiger partial charge in [-0.2, -0.15) is 0 Å². The van der Waals surface area contributed by atoms with Crippen LogP contribution in [0.5, 0.6) is 5.75 Å². The lowest BCUT2D eigenvalue weighted by molar-refractivity contribution is -0.139. The first-order chi connectivity index (χ1) is 16.8. The van der Waals surface area contributed by atoms with Crippen LogP contribution in [0.3, 0.4) is 0 Å². The molecule has 4 rings (SSSR count). The number of hydrogen-bond acceptors (Lipinski definition) is 6. The second-order valence-corrected chi connectivity index (χ2v) is 10.8. The van der Waals surface area contributed by atoms with E-state index in [4.69, 9.17) is 9.84 Å². The van der Waals surface area contributed by atoms with Gasteiger partial charge in [0.15, 0.2) is 17.2 Å². The highest BCUT2D eigenvalue weighted by atomic mass is 32.1. The van der Waals surface area contributed by atoms with E-state index in [1.807, 2.05) is 48.4 Å². The second kappa shape index (κ2) is 10.7. The van der Waals surface area contributed by atoms with Crippen molar-refractivity contribution in [1.29, 1.82) is 0 Å². The molecule has 3 aromatic rings. The number of urea groups is 1. The molecule has 0 unspecified atom stereocenters. The minimum absolute atomic E-state index is 0.0121. The number of carboxylic acids is 2. The monoisotopic (exact) mass is 516 g/mol. The summed E-state index contributed by atoms with van der Waals surface area (Å²) < 4.78 is 6.68. The van der Waals surface area contributed by atoms with Crippen LogP contribution >= 0.6 is 22.7 Å². The molecule has 2 aromatic heterocycles. The number of aliphatic carboxylic acids is 1. The lowest BCUT2D eigenvalue weighted by Gasteiger charge is -2.35. The van der Waals surface area contributed by atoms with Crippen LogP contribution in [0.25, 0.3) is 20.5 Å². The van der Waals surface area contributed by atoms with E-state index < -0.39 is 18.5 Å². The molecule has 0 atom stereocenters. The third-order valence-electron chi connectivity index (χ3n) is 5.90.